The van der Waals surface area contributed by atoms with Crippen molar-refractivity contribution in [3.63, 3.8) is 0 Å². The summed E-state index contributed by atoms with van der Waals surface area (Å²) in [6, 6.07) is 17.3. The minimum atomic E-state index is -0.0684. The van der Waals surface area contributed by atoms with Gasteiger partial charge in [0.15, 0.2) is 0 Å². The molecule has 2 aromatic carbocycles. The van der Waals surface area contributed by atoms with Gasteiger partial charge in [-0.15, -0.1) is 0 Å². The van der Waals surface area contributed by atoms with Gasteiger partial charge in [-0.1, -0.05) is 103 Å². The van der Waals surface area contributed by atoms with E-state index in [2.05, 4.69) is 117 Å². The lowest BCUT2D eigenvalue weighted by molar-refractivity contribution is 0.664. The van der Waals surface area contributed by atoms with Gasteiger partial charge in [-0.3, -0.25) is 0 Å². The summed E-state index contributed by atoms with van der Waals surface area (Å²) in [6.07, 6.45) is 19.6. The van der Waals surface area contributed by atoms with Gasteiger partial charge < -0.3 is 0 Å². The molecule has 0 spiro atoms. The number of rotatable bonds is 6. The smallest absolute Gasteiger partial charge is 0.0673 e. The highest BCUT2D eigenvalue weighted by Crippen LogP contribution is 2.46. The zero-order chi connectivity index (χ0) is 23.3. The summed E-state index contributed by atoms with van der Waals surface area (Å²) in [5.74, 6) is 0.974. The Balaban J connectivity index is 1.60. The molecule has 0 aromatic heterocycles. The van der Waals surface area contributed by atoms with E-state index in [-0.39, 0.29) is 5.41 Å². The molecule has 0 saturated carbocycles. The molecule has 2 heteroatoms. The molecule has 1 heterocycles. The van der Waals surface area contributed by atoms with Crippen LogP contribution in [0.25, 0.3) is 24.3 Å². The van der Waals surface area contributed by atoms with Gasteiger partial charge in [0.2, 0.25) is 0 Å². The first-order chi connectivity index (χ1) is 16.0. The van der Waals surface area contributed by atoms with E-state index in [0.717, 1.165) is 5.75 Å². The van der Waals surface area contributed by atoms with Crippen molar-refractivity contribution in [2.24, 2.45) is 9.81 Å². The highest BCUT2D eigenvalue weighted by atomic mass is 32.2. The molecule has 1 aliphatic heterocycles. The third-order valence-electron chi connectivity index (χ3n) is 6.21. The molecular formula is C31H31NS. The number of fused-ring (bicyclic) bond motifs is 1. The molecular weight excluding hydrogens is 418 g/mol. The third-order valence-corrected chi connectivity index (χ3v) is 7.23. The van der Waals surface area contributed by atoms with Crippen molar-refractivity contribution >= 4 is 42.0 Å². The van der Waals surface area contributed by atoms with Crippen LogP contribution in [-0.2, 0) is 0 Å². The Labute approximate surface area is 202 Å². The number of benzene rings is 2. The van der Waals surface area contributed by atoms with E-state index < -0.39 is 0 Å². The first kappa shape index (κ1) is 23.1. The standard InChI is InChI=1S/C31H31NS/c1-5-7-24-9-11-26(12-10-24)17-18-28-19-20-29(30-31(28,4)22-33-32-30)23(3)21-27-15-13-25(8-6-2)14-16-27/h5-21H,22H2,1-4H3/b7-5+,8-6+,18-17+,23-21+. The van der Waals surface area contributed by atoms with Gasteiger partial charge in [-0.25, -0.2) is 4.40 Å². The molecule has 1 atom stereocenters. The second kappa shape index (κ2) is 10.2. The Morgan fingerprint density at radius 3 is 1.91 bits per heavy atom. The number of nitrogens with zero attached hydrogens (tertiary/aromatic N) is 1. The maximum atomic E-state index is 4.88. The summed E-state index contributed by atoms with van der Waals surface area (Å²) in [5.41, 5.74) is 9.81. The highest BCUT2D eigenvalue weighted by Gasteiger charge is 2.41. The van der Waals surface area contributed by atoms with Gasteiger partial charge in [0.05, 0.1) is 5.71 Å². The zero-order valence-corrected chi connectivity index (χ0v) is 20.7. The van der Waals surface area contributed by atoms with Gasteiger partial charge in [-0.2, -0.15) is 0 Å². The second-order valence-corrected chi connectivity index (χ2v) is 9.47. The topological polar surface area (TPSA) is 12.4 Å². The van der Waals surface area contributed by atoms with E-state index in [1.807, 2.05) is 13.8 Å². The Bertz CT molecular complexity index is 1210. The second-order valence-electron chi connectivity index (χ2n) is 8.74. The molecule has 1 unspecified atom stereocenters. The predicted molar refractivity (Wildman–Crippen MR) is 149 cm³/mol. The monoisotopic (exact) mass is 449 g/mol. The quantitative estimate of drug-likeness (QED) is 0.401. The lowest BCUT2D eigenvalue weighted by Crippen LogP contribution is -2.32. The van der Waals surface area contributed by atoms with Gasteiger partial charge in [0.25, 0.3) is 0 Å². The summed E-state index contributed by atoms with van der Waals surface area (Å²) >= 11 is 1.68. The fraction of sp³-hybridized carbons (Fsp3) is 0.194. The van der Waals surface area contributed by atoms with E-state index in [4.69, 9.17) is 4.40 Å². The Morgan fingerprint density at radius 1 is 0.788 bits per heavy atom. The molecule has 1 nitrogen and oxygen atoms in total. The molecule has 0 fully saturated rings. The number of allylic oxidation sites excluding steroid dienone is 8. The molecule has 2 aliphatic rings. The van der Waals surface area contributed by atoms with Crippen molar-refractivity contribution in [1.82, 2.24) is 0 Å². The molecule has 1 aliphatic carbocycles. The maximum absolute atomic E-state index is 4.88. The minimum Gasteiger partial charge on any atom is -0.220 e. The SMILES string of the molecule is C/C=C/c1ccc(/C=C/C2=CC=C(/C(C)=C/c3ccc(/C=C/C)cc3)C3=NSCC23C)cc1. The van der Waals surface area contributed by atoms with Crippen molar-refractivity contribution in [2.75, 3.05) is 5.75 Å². The van der Waals surface area contributed by atoms with Crippen LogP contribution >= 0.6 is 11.9 Å². The molecule has 0 N–H and O–H groups in total. The highest BCUT2D eigenvalue weighted by molar-refractivity contribution is 7.98. The lowest BCUT2D eigenvalue weighted by Gasteiger charge is -2.31. The van der Waals surface area contributed by atoms with Crippen LogP contribution in [0, 0.1) is 5.41 Å². The van der Waals surface area contributed by atoms with Crippen LogP contribution in [0.2, 0.25) is 0 Å². The van der Waals surface area contributed by atoms with Crippen LogP contribution < -0.4 is 0 Å². The molecule has 4 rings (SSSR count). The van der Waals surface area contributed by atoms with Crippen LogP contribution in [0.4, 0.5) is 0 Å². The summed E-state index contributed by atoms with van der Waals surface area (Å²) in [5, 5.41) is 0. The van der Waals surface area contributed by atoms with Crippen molar-refractivity contribution < 1.29 is 0 Å². The fourth-order valence-electron chi connectivity index (χ4n) is 4.28. The molecule has 0 amide bonds. The van der Waals surface area contributed by atoms with E-state index in [1.165, 1.54) is 44.7 Å². The average molecular weight is 450 g/mol. The van der Waals surface area contributed by atoms with Crippen LogP contribution in [0.3, 0.4) is 0 Å². The van der Waals surface area contributed by atoms with Crippen LogP contribution in [0.1, 0.15) is 49.9 Å². The molecule has 33 heavy (non-hydrogen) atoms. The van der Waals surface area contributed by atoms with Crippen molar-refractivity contribution in [2.45, 2.75) is 27.7 Å². The van der Waals surface area contributed by atoms with Crippen molar-refractivity contribution in [3.05, 3.63) is 118 Å². The minimum absolute atomic E-state index is 0.0684. The zero-order valence-electron chi connectivity index (χ0n) is 19.9. The fourth-order valence-corrected chi connectivity index (χ4v) is 5.33. The average Bonchev–Trinajstić information content (AvgIpc) is 3.22. The van der Waals surface area contributed by atoms with Gasteiger partial charge >= 0.3 is 0 Å². The third kappa shape index (κ3) is 5.12. The number of hydrogen-bond acceptors (Lipinski definition) is 2. The Kier molecular flexibility index (Phi) is 7.15. The molecule has 0 radical (unpaired) electrons. The van der Waals surface area contributed by atoms with E-state index in [1.54, 1.807) is 11.9 Å². The maximum Gasteiger partial charge on any atom is 0.0673 e. The van der Waals surface area contributed by atoms with E-state index in [0.29, 0.717) is 0 Å². The van der Waals surface area contributed by atoms with Crippen LogP contribution in [0.15, 0.2) is 100 Å². The summed E-state index contributed by atoms with van der Waals surface area (Å²) in [7, 11) is 0. The Morgan fingerprint density at radius 2 is 1.33 bits per heavy atom. The largest absolute Gasteiger partial charge is 0.220 e. The molecule has 0 bridgehead atoms. The summed E-state index contributed by atoms with van der Waals surface area (Å²) < 4.78 is 4.88. The Hall–Kier alpha value is -3.10. The number of hydrogen-bond donors (Lipinski definition) is 0. The van der Waals surface area contributed by atoms with Crippen LogP contribution in [0.5, 0.6) is 0 Å². The van der Waals surface area contributed by atoms with Gasteiger partial charge in [0.1, 0.15) is 0 Å². The molecule has 2 aromatic rings. The predicted octanol–water partition coefficient (Wildman–Crippen LogP) is 8.85. The van der Waals surface area contributed by atoms with Gasteiger partial charge in [-0.05, 0) is 73.0 Å². The van der Waals surface area contributed by atoms with Crippen molar-refractivity contribution in [3.8, 4) is 0 Å². The summed E-state index contributed by atoms with van der Waals surface area (Å²) in [6.45, 7) is 8.60. The van der Waals surface area contributed by atoms with E-state index >= 15 is 0 Å². The first-order valence-electron chi connectivity index (χ1n) is 11.5. The van der Waals surface area contributed by atoms with Crippen molar-refractivity contribution in [1.29, 1.82) is 0 Å². The molecule has 0 saturated heterocycles. The normalized spacial score (nSPS) is 21.0. The first-order valence-corrected chi connectivity index (χ1v) is 12.4. The van der Waals surface area contributed by atoms with E-state index in [9.17, 15) is 0 Å². The van der Waals surface area contributed by atoms with Crippen LogP contribution in [-0.4, -0.2) is 11.5 Å². The summed E-state index contributed by atoms with van der Waals surface area (Å²) in [4.78, 5) is 0. The lowest BCUT2D eigenvalue weighted by atomic mass is 9.71. The molecule has 166 valence electrons. The van der Waals surface area contributed by atoms with Gasteiger partial charge in [0, 0.05) is 16.7 Å².